The molecule has 0 saturated carbocycles. The van der Waals surface area contributed by atoms with Crippen LogP contribution in [0, 0.1) is 10.1 Å². The van der Waals surface area contributed by atoms with Gasteiger partial charge in [-0.25, -0.2) is 0 Å². The van der Waals surface area contributed by atoms with Gasteiger partial charge in [-0.1, -0.05) is 6.07 Å². The van der Waals surface area contributed by atoms with Crippen LogP contribution in [0.3, 0.4) is 0 Å². The fourth-order valence-corrected chi connectivity index (χ4v) is 2.16. The molecular formula is C17H12N4O4. The standard InChI is InChI=1S/C17H12N4O4/c22-16-14(9-11-4-6-13(7-5-11)21(24)25)19-17(23)15(20-16)10-12-3-1-2-8-18-12/h1-10H,(H,19,23)(H,20,22)/b14-9+,15-10-. The molecule has 2 N–H and O–H groups in total. The summed E-state index contributed by atoms with van der Waals surface area (Å²) in [5.41, 5.74) is 0.0716. The second kappa shape index (κ2) is 6.75. The quantitative estimate of drug-likeness (QED) is 0.516. The molecule has 2 aromatic heterocycles. The number of pyridine rings is 1. The second-order valence-electron chi connectivity index (χ2n) is 5.13. The number of benzene rings is 1. The molecule has 0 spiro atoms. The van der Waals surface area contributed by atoms with Crippen LogP contribution in [-0.2, 0) is 0 Å². The number of H-pyrrole nitrogens is 2. The van der Waals surface area contributed by atoms with E-state index in [4.69, 9.17) is 0 Å². The zero-order chi connectivity index (χ0) is 17.8. The molecule has 3 aromatic rings. The zero-order valence-corrected chi connectivity index (χ0v) is 12.8. The van der Waals surface area contributed by atoms with Gasteiger partial charge in [0.1, 0.15) is 10.7 Å². The molecule has 0 aliphatic rings. The van der Waals surface area contributed by atoms with Crippen LogP contribution in [-0.4, -0.2) is 19.9 Å². The van der Waals surface area contributed by atoms with E-state index in [2.05, 4.69) is 15.0 Å². The summed E-state index contributed by atoms with van der Waals surface area (Å²) in [7, 11) is 0. The summed E-state index contributed by atoms with van der Waals surface area (Å²) >= 11 is 0. The van der Waals surface area contributed by atoms with Gasteiger partial charge in [0, 0.05) is 18.3 Å². The molecule has 0 atom stereocenters. The SMILES string of the molecule is O=c1[nH]/c(=C/c2ccc([N+](=O)[O-])cc2)c(=O)[nH]/c1=C\c1ccccn1. The fourth-order valence-electron chi connectivity index (χ4n) is 2.16. The van der Waals surface area contributed by atoms with E-state index in [0.29, 0.717) is 11.3 Å². The van der Waals surface area contributed by atoms with E-state index >= 15 is 0 Å². The summed E-state index contributed by atoms with van der Waals surface area (Å²) in [6.45, 7) is 0. The van der Waals surface area contributed by atoms with Crippen LogP contribution in [0.4, 0.5) is 5.69 Å². The van der Waals surface area contributed by atoms with E-state index < -0.39 is 16.0 Å². The van der Waals surface area contributed by atoms with Crippen LogP contribution >= 0.6 is 0 Å². The number of non-ortho nitro benzene ring substituents is 1. The summed E-state index contributed by atoms with van der Waals surface area (Å²) in [5, 5.41) is 10.8. The lowest BCUT2D eigenvalue weighted by Gasteiger charge is -1.95. The van der Waals surface area contributed by atoms with Crippen molar-refractivity contribution in [3.8, 4) is 0 Å². The number of hydrogen-bond donors (Lipinski definition) is 2. The van der Waals surface area contributed by atoms with Crippen LogP contribution in [0.1, 0.15) is 11.3 Å². The van der Waals surface area contributed by atoms with Crippen molar-refractivity contribution in [1.29, 1.82) is 0 Å². The number of rotatable bonds is 3. The number of nitro groups is 1. The maximum Gasteiger partial charge on any atom is 0.272 e. The Balaban J connectivity index is 2.06. The molecule has 8 heteroatoms. The topological polar surface area (TPSA) is 122 Å². The summed E-state index contributed by atoms with van der Waals surface area (Å²) in [4.78, 5) is 43.5. The molecular weight excluding hydrogens is 324 g/mol. The van der Waals surface area contributed by atoms with Gasteiger partial charge in [-0.05, 0) is 42.0 Å². The van der Waals surface area contributed by atoms with Gasteiger partial charge in [-0.2, -0.15) is 0 Å². The van der Waals surface area contributed by atoms with Gasteiger partial charge in [-0.15, -0.1) is 0 Å². The van der Waals surface area contributed by atoms with E-state index in [0.717, 1.165) is 0 Å². The van der Waals surface area contributed by atoms with E-state index in [-0.39, 0.29) is 16.4 Å². The van der Waals surface area contributed by atoms with E-state index in [9.17, 15) is 19.7 Å². The number of nitrogens with one attached hydrogen (secondary N) is 2. The monoisotopic (exact) mass is 336 g/mol. The highest BCUT2D eigenvalue weighted by Crippen LogP contribution is 2.11. The molecule has 0 unspecified atom stereocenters. The first-order valence-electron chi connectivity index (χ1n) is 7.24. The second-order valence-corrected chi connectivity index (χ2v) is 5.13. The third kappa shape index (κ3) is 3.75. The van der Waals surface area contributed by atoms with Crippen LogP contribution < -0.4 is 21.8 Å². The Bertz CT molecular complexity index is 1150. The first-order chi connectivity index (χ1) is 12.0. The van der Waals surface area contributed by atoms with Gasteiger partial charge in [0.25, 0.3) is 16.8 Å². The van der Waals surface area contributed by atoms with Crippen molar-refractivity contribution in [3.63, 3.8) is 0 Å². The van der Waals surface area contributed by atoms with Crippen LogP contribution in [0.25, 0.3) is 12.2 Å². The Morgan fingerprint density at radius 3 is 2.12 bits per heavy atom. The fraction of sp³-hybridized carbons (Fsp3) is 0. The third-order valence-corrected chi connectivity index (χ3v) is 3.38. The van der Waals surface area contributed by atoms with E-state index in [1.165, 1.54) is 36.4 Å². The molecule has 8 nitrogen and oxygen atoms in total. The van der Waals surface area contributed by atoms with Gasteiger partial charge in [0.05, 0.1) is 10.6 Å². The molecule has 0 saturated heterocycles. The smallest absolute Gasteiger partial charge is 0.272 e. The molecule has 0 bridgehead atoms. The largest absolute Gasteiger partial charge is 0.316 e. The van der Waals surface area contributed by atoms with Gasteiger partial charge < -0.3 is 9.97 Å². The lowest BCUT2D eigenvalue weighted by Crippen LogP contribution is -2.46. The van der Waals surface area contributed by atoms with Crippen molar-refractivity contribution < 1.29 is 4.92 Å². The summed E-state index contributed by atoms with van der Waals surface area (Å²) in [5.74, 6) is 0. The number of aromatic nitrogens is 3. The minimum absolute atomic E-state index is 0.0528. The average Bonchev–Trinajstić information content (AvgIpc) is 2.60. The number of nitro benzene ring substituents is 1. The Labute approximate surface area is 140 Å². The Morgan fingerprint density at radius 2 is 1.56 bits per heavy atom. The molecule has 1 aromatic carbocycles. The molecule has 3 rings (SSSR count). The molecule has 0 amide bonds. The number of aromatic amines is 2. The molecule has 124 valence electrons. The maximum atomic E-state index is 12.2. The van der Waals surface area contributed by atoms with Gasteiger partial charge in [-0.3, -0.25) is 24.7 Å². The van der Waals surface area contributed by atoms with Gasteiger partial charge in [0.15, 0.2) is 0 Å². The predicted octanol–water partition coefficient (Wildman–Crippen LogP) is 0.0240. The van der Waals surface area contributed by atoms with Crippen molar-refractivity contribution in [1.82, 2.24) is 15.0 Å². The Kier molecular flexibility index (Phi) is 4.34. The first-order valence-corrected chi connectivity index (χ1v) is 7.24. The molecule has 0 radical (unpaired) electrons. The third-order valence-electron chi connectivity index (χ3n) is 3.38. The average molecular weight is 336 g/mol. The summed E-state index contributed by atoms with van der Waals surface area (Å²) < 4.78 is 0. The first kappa shape index (κ1) is 16.1. The van der Waals surface area contributed by atoms with Crippen molar-refractivity contribution in [2.45, 2.75) is 0 Å². The zero-order valence-electron chi connectivity index (χ0n) is 12.8. The van der Waals surface area contributed by atoms with Gasteiger partial charge >= 0.3 is 0 Å². The molecule has 25 heavy (non-hydrogen) atoms. The number of hydrogen-bond acceptors (Lipinski definition) is 5. The Hall–Kier alpha value is -3.81. The van der Waals surface area contributed by atoms with Crippen molar-refractivity contribution in [2.24, 2.45) is 0 Å². The highest BCUT2D eigenvalue weighted by Gasteiger charge is 2.03. The molecule has 0 fully saturated rings. The highest BCUT2D eigenvalue weighted by molar-refractivity contribution is 5.50. The summed E-state index contributed by atoms with van der Waals surface area (Å²) in [6.07, 6.45) is 4.49. The van der Waals surface area contributed by atoms with Crippen LogP contribution in [0.15, 0.2) is 58.3 Å². The minimum Gasteiger partial charge on any atom is -0.316 e. The van der Waals surface area contributed by atoms with E-state index in [1.807, 2.05) is 0 Å². The van der Waals surface area contributed by atoms with Crippen molar-refractivity contribution in [2.75, 3.05) is 0 Å². The van der Waals surface area contributed by atoms with Crippen LogP contribution in [0.5, 0.6) is 0 Å². The number of nitrogens with zero attached hydrogens (tertiary/aromatic N) is 2. The molecule has 0 aliphatic heterocycles. The molecule has 2 heterocycles. The van der Waals surface area contributed by atoms with E-state index in [1.54, 1.807) is 24.4 Å². The maximum absolute atomic E-state index is 12.2. The highest BCUT2D eigenvalue weighted by atomic mass is 16.6. The lowest BCUT2D eigenvalue weighted by molar-refractivity contribution is -0.384. The Morgan fingerprint density at radius 1 is 0.920 bits per heavy atom. The normalized spacial score (nSPS) is 12.3. The summed E-state index contributed by atoms with van der Waals surface area (Å²) in [6, 6.07) is 10.8. The van der Waals surface area contributed by atoms with Crippen LogP contribution in [0.2, 0.25) is 0 Å². The minimum atomic E-state index is -0.513. The van der Waals surface area contributed by atoms with Crippen molar-refractivity contribution in [3.05, 3.63) is 101 Å². The molecule has 0 aliphatic carbocycles. The lowest BCUT2D eigenvalue weighted by atomic mass is 10.2. The van der Waals surface area contributed by atoms with Gasteiger partial charge in [0.2, 0.25) is 0 Å². The predicted molar refractivity (Wildman–Crippen MR) is 91.4 cm³/mol. The van der Waals surface area contributed by atoms with Crippen molar-refractivity contribution >= 4 is 17.8 Å².